The van der Waals surface area contributed by atoms with E-state index in [0.29, 0.717) is 46.2 Å². The maximum atomic E-state index is 14.3. The second-order valence-electron chi connectivity index (χ2n) is 10.9. The summed E-state index contributed by atoms with van der Waals surface area (Å²) in [4.78, 5) is 49.4. The van der Waals surface area contributed by atoms with Gasteiger partial charge in [-0.05, 0) is 35.7 Å². The minimum absolute atomic E-state index is 0.0277. The molecule has 4 aromatic rings. The third kappa shape index (κ3) is 5.70. The van der Waals surface area contributed by atoms with Crippen LogP contribution in [0.15, 0.2) is 85.1 Å². The smallest absolute Gasteiger partial charge is 0.332 e. The molecule has 0 bridgehead atoms. The van der Waals surface area contributed by atoms with Gasteiger partial charge in [0.05, 0.1) is 23.6 Å². The molecule has 0 unspecified atom stereocenters. The predicted molar refractivity (Wildman–Crippen MR) is 169 cm³/mol. The molecule has 0 aliphatic carbocycles. The molecule has 44 heavy (non-hydrogen) atoms. The molecular weight excluding hydrogens is 599 g/mol. The third-order valence-electron chi connectivity index (χ3n) is 8.08. The maximum absolute atomic E-state index is 14.3. The van der Waals surface area contributed by atoms with Crippen LogP contribution in [0, 0.1) is 0 Å². The Kier molecular flexibility index (Phi) is 8.70. The van der Waals surface area contributed by atoms with Gasteiger partial charge in [0.15, 0.2) is 0 Å². The van der Waals surface area contributed by atoms with Gasteiger partial charge >= 0.3 is 6.03 Å². The zero-order chi connectivity index (χ0) is 30.8. The summed E-state index contributed by atoms with van der Waals surface area (Å²) in [6.45, 7) is 3.04. The Hall–Kier alpha value is -4.18. The van der Waals surface area contributed by atoms with E-state index in [1.54, 1.807) is 38.1 Å². The summed E-state index contributed by atoms with van der Waals surface area (Å²) < 4.78 is 0. The van der Waals surface area contributed by atoms with Gasteiger partial charge in [0.1, 0.15) is 12.2 Å². The highest BCUT2D eigenvalue weighted by Crippen LogP contribution is 2.38. The molecule has 1 N–H and O–H groups in total. The quantitative estimate of drug-likeness (QED) is 0.272. The van der Waals surface area contributed by atoms with Crippen LogP contribution in [-0.2, 0) is 22.7 Å². The first kappa shape index (κ1) is 29.9. The number of nitrogens with one attached hydrogen (secondary N) is 1. The van der Waals surface area contributed by atoms with Crippen LogP contribution in [0.2, 0.25) is 10.0 Å². The molecule has 3 heterocycles. The second kappa shape index (κ2) is 12.8. The van der Waals surface area contributed by atoms with E-state index in [1.807, 2.05) is 73.7 Å². The number of halogens is 2. The van der Waals surface area contributed by atoms with Crippen LogP contribution in [0.4, 0.5) is 4.79 Å². The van der Waals surface area contributed by atoms with Gasteiger partial charge < -0.3 is 15.1 Å². The molecule has 4 amide bonds. The number of fused-ring (bicyclic) bond motifs is 2. The molecule has 9 nitrogen and oxygen atoms in total. The molecule has 226 valence electrons. The monoisotopic (exact) mass is 630 g/mol. The first-order chi connectivity index (χ1) is 21.4. The van der Waals surface area contributed by atoms with Crippen LogP contribution >= 0.6 is 23.2 Å². The molecule has 2 saturated heterocycles. The summed E-state index contributed by atoms with van der Waals surface area (Å²) >= 11 is 13.2. The Morgan fingerprint density at radius 3 is 2.45 bits per heavy atom. The van der Waals surface area contributed by atoms with Crippen molar-refractivity contribution in [2.75, 3.05) is 19.6 Å². The fourth-order valence-electron chi connectivity index (χ4n) is 6.03. The van der Waals surface area contributed by atoms with E-state index < -0.39 is 12.2 Å². The molecule has 0 radical (unpaired) electrons. The van der Waals surface area contributed by atoms with Crippen molar-refractivity contribution in [3.05, 3.63) is 112 Å². The Labute approximate surface area is 265 Å². The van der Waals surface area contributed by atoms with E-state index in [4.69, 9.17) is 23.2 Å². The molecule has 2 aliphatic heterocycles. The lowest BCUT2D eigenvalue weighted by molar-refractivity contribution is -0.158. The van der Waals surface area contributed by atoms with E-state index in [2.05, 4.69) is 10.3 Å². The fraction of sp³-hybridized carbons (Fsp3) is 0.273. The van der Waals surface area contributed by atoms with Gasteiger partial charge in [0, 0.05) is 41.8 Å². The highest BCUT2D eigenvalue weighted by atomic mass is 35.5. The summed E-state index contributed by atoms with van der Waals surface area (Å²) in [6.07, 6.45) is 1.77. The molecule has 3 aromatic carbocycles. The SMILES string of the molecule is CCCN(C(=O)NCc1ccccc1)N1CC(=O)N2[C@@H](c3ccccc3)C(=O)N(Cc3c(Cl)cc(Cl)c4cccnc34)C[C@@H]21. The molecule has 0 saturated carbocycles. The fourth-order valence-corrected chi connectivity index (χ4v) is 6.61. The number of piperazine rings is 1. The first-order valence-electron chi connectivity index (χ1n) is 14.6. The average molecular weight is 632 g/mol. The maximum Gasteiger partial charge on any atom is 0.332 e. The van der Waals surface area contributed by atoms with Crippen molar-refractivity contribution in [1.82, 2.24) is 30.1 Å². The molecule has 2 fully saturated rings. The standard InChI is InChI=1S/C33H32Cl2N6O3/c1-2-16-39(33(44)37-18-22-10-5-3-6-11-22)40-21-29(42)41-28(40)20-38(32(43)31(41)23-12-7-4-8-13-23)19-25-27(35)17-26(34)24-14-9-15-36-30(24)25/h3-15,17,28,31H,2,16,18-21H2,1H3,(H,37,44)/t28-,31+/m1/s1. The van der Waals surface area contributed by atoms with Gasteiger partial charge in [-0.1, -0.05) is 90.8 Å². The lowest BCUT2D eigenvalue weighted by Gasteiger charge is -2.46. The summed E-state index contributed by atoms with van der Waals surface area (Å²) in [5.74, 6) is -0.446. The Morgan fingerprint density at radius 2 is 1.73 bits per heavy atom. The number of urea groups is 1. The largest absolute Gasteiger partial charge is 0.333 e. The zero-order valence-electron chi connectivity index (χ0n) is 24.2. The molecule has 11 heteroatoms. The van der Waals surface area contributed by atoms with Gasteiger partial charge in [-0.2, -0.15) is 5.01 Å². The highest BCUT2D eigenvalue weighted by molar-refractivity contribution is 6.39. The Morgan fingerprint density at radius 1 is 1.00 bits per heavy atom. The van der Waals surface area contributed by atoms with Crippen molar-refractivity contribution in [2.24, 2.45) is 0 Å². The summed E-state index contributed by atoms with van der Waals surface area (Å²) in [6, 6.07) is 23.1. The number of hydrogen-bond donors (Lipinski definition) is 1. The number of nitrogens with zero attached hydrogens (tertiary/aromatic N) is 5. The molecule has 0 spiro atoms. The van der Waals surface area contributed by atoms with Crippen molar-refractivity contribution in [1.29, 1.82) is 0 Å². The second-order valence-corrected chi connectivity index (χ2v) is 11.7. The molecular formula is C33H32Cl2N6O3. The van der Waals surface area contributed by atoms with Gasteiger partial charge in [-0.3, -0.25) is 19.6 Å². The van der Waals surface area contributed by atoms with Crippen molar-refractivity contribution in [3.63, 3.8) is 0 Å². The number of aromatic nitrogens is 1. The summed E-state index contributed by atoms with van der Waals surface area (Å²) in [7, 11) is 0. The van der Waals surface area contributed by atoms with Crippen molar-refractivity contribution in [2.45, 2.75) is 38.6 Å². The number of carbonyl (C=O) groups excluding carboxylic acids is 3. The van der Waals surface area contributed by atoms with Gasteiger partial charge in [0.25, 0.3) is 5.91 Å². The van der Waals surface area contributed by atoms with Gasteiger partial charge in [0.2, 0.25) is 5.91 Å². The number of hydrazine groups is 1. The van der Waals surface area contributed by atoms with Gasteiger partial charge in [-0.15, -0.1) is 0 Å². The number of benzene rings is 3. The lowest BCUT2D eigenvalue weighted by Crippen LogP contribution is -2.62. The van der Waals surface area contributed by atoms with Crippen LogP contribution in [0.3, 0.4) is 0 Å². The molecule has 2 atom stereocenters. The van der Waals surface area contributed by atoms with Crippen molar-refractivity contribution < 1.29 is 14.4 Å². The molecule has 2 aliphatic rings. The van der Waals surface area contributed by atoms with E-state index in [-0.39, 0.29) is 37.5 Å². The normalized spacial score (nSPS) is 18.5. The van der Waals surface area contributed by atoms with E-state index in [0.717, 1.165) is 10.9 Å². The van der Waals surface area contributed by atoms with Crippen LogP contribution in [-0.4, -0.2) is 68.4 Å². The van der Waals surface area contributed by atoms with Crippen molar-refractivity contribution in [3.8, 4) is 0 Å². The van der Waals surface area contributed by atoms with E-state index in [9.17, 15) is 14.4 Å². The summed E-state index contributed by atoms with van der Waals surface area (Å²) in [5.41, 5.74) is 2.95. The Balaban J connectivity index is 1.36. The van der Waals surface area contributed by atoms with Crippen molar-refractivity contribution >= 4 is 52.0 Å². The van der Waals surface area contributed by atoms with E-state index >= 15 is 0 Å². The minimum Gasteiger partial charge on any atom is -0.333 e. The van der Waals surface area contributed by atoms with Crippen LogP contribution in [0.5, 0.6) is 0 Å². The van der Waals surface area contributed by atoms with E-state index in [1.165, 1.54) is 0 Å². The predicted octanol–water partition coefficient (Wildman–Crippen LogP) is 5.63. The van der Waals surface area contributed by atoms with Gasteiger partial charge in [-0.25, -0.2) is 4.79 Å². The zero-order valence-corrected chi connectivity index (χ0v) is 25.7. The molecule has 1 aromatic heterocycles. The topological polar surface area (TPSA) is 89.1 Å². The molecule has 6 rings (SSSR count). The van der Waals surface area contributed by atoms with Crippen LogP contribution in [0.1, 0.15) is 36.1 Å². The number of amides is 4. The third-order valence-corrected chi connectivity index (χ3v) is 8.73. The minimum atomic E-state index is -0.867. The lowest BCUT2D eigenvalue weighted by atomic mass is 9.99. The van der Waals surface area contributed by atoms with Crippen LogP contribution in [0.25, 0.3) is 10.9 Å². The van der Waals surface area contributed by atoms with Crippen LogP contribution < -0.4 is 5.32 Å². The summed E-state index contributed by atoms with van der Waals surface area (Å²) in [5, 5.41) is 8.02. The number of rotatable bonds is 8. The highest BCUT2D eigenvalue weighted by Gasteiger charge is 2.52. The Bertz CT molecular complexity index is 1690. The number of hydrogen-bond acceptors (Lipinski definition) is 5. The number of pyridine rings is 1. The number of carbonyl (C=O) groups is 3. The first-order valence-corrected chi connectivity index (χ1v) is 15.3. The average Bonchev–Trinajstić information content (AvgIpc) is 3.36.